The molecule has 0 aromatic heterocycles. The van der Waals surface area contributed by atoms with Gasteiger partial charge in [0.2, 0.25) is 0 Å². The summed E-state index contributed by atoms with van der Waals surface area (Å²) in [5.41, 5.74) is 0. The fraction of sp³-hybridized carbons (Fsp3) is 0.667. The highest BCUT2D eigenvalue weighted by atomic mass is 16.3. The molecule has 2 N–H and O–H groups in total. The quantitative estimate of drug-likeness (QED) is 0.564. The maximum atomic E-state index is 10.6. The van der Waals surface area contributed by atoms with E-state index in [1.807, 2.05) is 5.92 Å². The summed E-state index contributed by atoms with van der Waals surface area (Å²) >= 11 is 0. The van der Waals surface area contributed by atoms with Gasteiger partial charge in [0.15, 0.2) is 0 Å². The third-order valence-corrected chi connectivity index (χ3v) is 2.27. The minimum absolute atomic E-state index is 0.197. The van der Waals surface area contributed by atoms with Gasteiger partial charge in [0.05, 0.1) is 6.10 Å². The third-order valence-electron chi connectivity index (χ3n) is 2.27. The van der Waals surface area contributed by atoms with Gasteiger partial charge < -0.3 is 10.4 Å². The molecular weight excluding hydrogens is 154 g/mol. The number of amides is 1. The van der Waals surface area contributed by atoms with Gasteiger partial charge in [0, 0.05) is 12.5 Å². The SMILES string of the molecule is C#CC(=O)NCC1CCCC1O. The van der Waals surface area contributed by atoms with Gasteiger partial charge >= 0.3 is 0 Å². The van der Waals surface area contributed by atoms with E-state index in [4.69, 9.17) is 6.42 Å². The second-order valence-electron chi connectivity index (χ2n) is 3.11. The highest BCUT2D eigenvalue weighted by molar-refractivity contribution is 5.92. The van der Waals surface area contributed by atoms with Crippen molar-refractivity contribution in [1.82, 2.24) is 5.32 Å². The minimum atomic E-state index is -0.394. The summed E-state index contributed by atoms with van der Waals surface area (Å²) in [6, 6.07) is 0. The van der Waals surface area contributed by atoms with Crippen LogP contribution in [-0.4, -0.2) is 23.7 Å². The number of hydrogen-bond donors (Lipinski definition) is 2. The molecule has 0 heterocycles. The van der Waals surface area contributed by atoms with E-state index in [1.165, 1.54) is 0 Å². The number of hydrogen-bond acceptors (Lipinski definition) is 2. The number of aliphatic hydroxyl groups is 1. The molecule has 0 radical (unpaired) electrons. The van der Waals surface area contributed by atoms with Gasteiger partial charge in [-0.3, -0.25) is 4.79 Å². The highest BCUT2D eigenvalue weighted by Crippen LogP contribution is 2.24. The molecule has 1 aliphatic carbocycles. The molecule has 0 aromatic carbocycles. The number of rotatable bonds is 2. The Morgan fingerprint density at radius 1 is 1.67 bits per heavy atom. The summed E-state index contributed by atoms with van der Waals surface area (Å²) in [5.74, 6) is 1.77. The molecule has 12 heavy (non-hydrogen) atoms. The normalized spacial score (nSPS) is 28.0. The van der Waals surface area contributed by atoms with Crippen LogP contribution >= 0.6 is 0 Å². The summed E-state index contributed by atoms with van der Waals surface area (Å²) in [7, 11) is 0. The molecule has 1 fully saturated rings. The lowest BCUT2D eigenvalue weighted by Gasteiger charge is -2.13. The van der Waals surface area contributed by atoms with Crippen molar-refractivity contribution >= 4 is 5.91 Å². The van der Waals surface area contributed by atoms with E-state index in [1.54, 1.807) is 0 Å². The molecule has 0 aliphatic heterocycles. The van der Waals surface area contributed by atoms with Crippen LogP contribution in [0, 0.1) is 18.3 Å². The largest absolute Gasteiger partial charge is 0.393 e. The van der Waals surface area contributed by atoms with Crippen LogP contribution in [0.5, 0.6) is 0 Å². The van der Waals surface area contributed by atoms with E-state index in [-0.39, 0.29) is 12.0 Å². The number of nitrogens with one attached hydrogen (secondary N) is 1. The van der Waals surface area contributed by atoms with E-state index in [2.05, 4.69) is 5.32 Å². The molecule has 0 aromatic rings. The molecule has 0 spiro atoms. The fourth-order valence-corrected chi connectivity index (χ4v) is 1.53. The lowest BCUT2D eigenvalue weighted by atomic mass is 10.1. The van der Waals surface area contributed by atoms with Crippen LogP contribution < -0.4 is 5.32 Å². The molecule has 66 valence electrons. The van der Waals surface area contributed by atoms with Crippen LogP contribution in [0.25, 0.3) is 0 Å². The van der Waals surface area contributed by atoms with Crippen LogP contribution in [0.2, 0.25) is 0 Å². The first kappa shape index (κ1) is 9.08. The highest BCUT2D eigenvalue weighted by Gasteiger charge is 2.24. The Morgan fingerprint density at radius 2 is 2.42 bits per heavy atom. The zero-order chi connectivity index (χ0) is 8.97. The van der Waals surface area contributed by atoms with Crippen LogP contribution in [-0.2, 0) is 4.79 Å². The lowest BCUT2D eigenvalue weighted by molar-refractivity contribution is -0.115. The summed E-state index contributed by atoms with van der Waals surface area (Å²) in [5, 5.41) is 11.9. The monoisotopic (exact) mass is 167 g/mol. The van der Waals surface area contributed by atoms with Crippen molar-refractivity contribution in [2.24, 2.45) is 5.92 Å². The maximum absolute atomic E-state index is 10.6. The van der Waals surface area contributed by atoms with Gasteiger partial charge in [-0.2, -0.15) is 0 Å². The topological polar surface area (TPSA) is 49.3 Å². The maximum Gasteiger partial charge on any atom is 0.295 e. The summed E-state index contributed by atoms with van der Waals surface area (Å²) in [4.78, 5) is 10.6. The van der Waals surface area contributed by atoms with Crippen molar-refractivity contribution < 1.29 is 9.90 Å². The Hall–Kier alpha value is -1.01. The first-order valence-electron chi connectivity index (χ1n) is 4.16. The molecule has 0 saturated heterocycles. The molecule has 0 bridgehead atoms. The molecule has 3 nitrogen and oxygen atoms in total. The average Bonchev–Trinajstić information content (AvgIpc) is 2.47. The summed E-state index contributed by atoms with van der Waals surface area (Å²) in [6.45, 7) is 0.504. The molecule has 2 unspecified atom stereocenters. The molecule has 1 aliphatic rings. The van der Waals surface area contributed by atoms with E-state index >= 15 is 0 Å². The number of carbonyl (C=O) groups excluding carboxylic acids is 1. The van der Waals surface area contributed by atoms with Crippen molar-refractivity contribution in [3.63, 3.8) is 0 Å². The van der Waals surface area contributed by atoms with Crippen molar-refractivity contribution in [1.29, 1.82) is 0 Å². The first-order valence-corrected chi connectivity index (χ1v) is 4.16. The van der Waals surface area contributed by atoms with Crippen molar-refractivity contribution in [3.8, 4) is 12.3 Å². The number of carbonyl (C=O) groups is 1. The Bertz CT molecular complexity index is 207. The van der Waals surface area contributed by atoms with Crippen LogP contribution in [0.3, 0.4) is 0 Å². The Kier molecular flexibility index (Phi) is 3.12. The predicted molar refractivity (Wildman–Crippen MR) is 45.2 cm³/mol. The number of terminal acetylenes is 1. The average molecular weight is 167 g/mol. The molecule has 1 rings (SSSR count). The van der Waals surface area contributed by atoms with Crippen LogP contribution in [0.1, 0.15) is 19.3 Å². The summed E-state index contributed by atoms with van der Waals surface area (Å²) in [6.07, 6.45) is 7.47. The van der Waals surface area contributed by atoms with Crippen molar-refractivity contribution in [2.45, 2.75) is 25.4 Å². The van der Waals surface area contributed by atoms with Gasteiger partial charge in [0.25, 0.3) is 5.91 Å². The van der Waals surface area contributed by atoms with Crippen molar-refractivity contribution in [2.75, 3.05) is 6.54 Å². The lowest BCUT2D eigenvalue weighted by Crippen LogP contribution is -2.31. The minimum Gasteiger partial charge on any atom is -0.393 e. The zero-order valence-electron chi connectivity index (χ0n) is 6.92. The summed E-state index contributed by atoms with van der Waals surface area (Å²) < 4.78 is 0. The standard InChI is InChI=1S/C9H13NO2/c1-2-9(12)10-6-7-4-3-5-8(7)11/h1,7-8,11H,3-6H2,(H,10,12). The van der Waals surface area contributed by atoms with E-state index in [9.17, 15) is 9.90 Å². The Morgan fingerprint density at radius 3 is 2.92 bits per heavy atom. The Balaban J connectivity index is 2.23. The molecular formula is C9H13NO2. The van der Waals surface area contributed by atoms with Crippen LogP contribution in [0.4, 0.5) is 0 Å². The fourth-order valence-electron chi connectivity index (χ4n) is 1.53. The first-order chi connectivity index (χ1) is 5.74. The number of aliphatic hydroxyl groups excluding tert-OH is 1. The van der Waals surface area contributed by atoms with Gasteiger partial charge in [-0.1, -0.05) is 6.42 Å². The van der Waals surface area contributed by atoms with E-state index < -0.39 is 5.91 Å². The van der Waals surface area contributed by atoms with E-state index in [0.29, 0.717) is 6.54 Å². The van der Waals surface area contributed by atoms with Gasteiger partial charge in [0.1, 0.15) is 0 Å². The predicted octanol–water partition coefficient (Wildman–Crippen LogP) is -0.103. The zero-order valence-corrected chi connectivity index (χ0v) is 6.92. The van der Waals surface area contributed by atoms with Gasteiger partial charge in [-0.05, 0) is 18.8 Å². The molecule has 2 atom stereocenters. The Labute approximate surface area is 72.2 Å². The third kappa shape index (κ3) is 2.24. The van der Waals surface area contributed by atoms with E-state index in [0.717, 1.165) is 19.3 Å². The smallest absolute Gasteiger partial charge is 0.295 e. The van der Waals surface area contributed by atoms with Gasteiger partial charge in [-0.15, -0.1) is 6.42 Å². The second kappa shape index (κ2) is 4.13. The molecule has 3 heteroatoms. The molecule has 1 saturated carbocycles. The molecule has 1 amide bonds. The van der Waals surface area contributed by atoms with Crippen molar-refractivity contribution in [3.05, 3.63) is 0 Å². The second-order valence-corrected chi connectivity index (χ2v) is 3.11. The van der Waals surface area contributed by atoms with Gasteiger partial charge in [-0.25, -0.2) is 0 Å². The van der Waals surface area contributed by atoms with Crippen LogP contribution in [0.15, 0.2) is 0 Å².